The van der Waals surface area contributed by atoms with Crippen LogP contribution in [-0.2, 0) is 0 Å². The number of thiophene rings is 1. The summed E-state index contributed by atoms with van der Waals surface area (Å²) >= 11 is 6.83. The van der Waals surface area contributed by atoms with E-state index in [1.54, 1.807) is 23.1 Å². The van der Waals surface area contributed by atoms with Crippen molar-refractivity contribution < 1.29 is 4.79 Å². The predicted molar refractivity (Wildman–Crippen MR) is 71.4 cm³/mol. The number of halogens is 1. The number of carbonyl (C=O) groups is 1. The van der Waals surface area contributed by atoms with Gasteiger partial charge in [0.1, 0.15) is 4.88 Å². The van der Waals surface area contributed by atoms with Crippen molar-refractivity contribution in [2.24, 2.45) is 5.92 Å². The Kier molecular flexibility index (Phi) is 3.02. The maximum atomic E-state index is 12.3. The van der Waals surface area contributed by atoms with Crippen LogP contribution in [0, 0.1) is 5.92 Å². The Hall–Kier alpha value is -0.0000000000000000555. The summed E-state index contributed by atoms with van der Waals surface area (Å²) in [7, 11) is 0. The van der Waals surface area contributed by atoms with Crippen LogP contribution in [0.1, 0.15) is 22.5 Å². The maximum absolute atomic E-state index is 12.3. The van der Waals surface area contributed by atoms with Crippen molar-refractivity contribution in [2.45, 2.75) is 17.7 Å². The fourth-order valence-electron chi connectivity index (χ4n) is 1.90. The van der Waals surface area contributed by atoms with Crippen LogP contribution >= 0.6 is 39.0 Å². The minimum atomic E-state index is 0.239. The molecule has 0 radical (unpaired) electrons. The summed E-state index contributed by atoms with van der Waals surface area (Å²) in [6.45, 7) is 1.87. The number of thioether (sulfide) groups is 1. The lowest BCUT2D eigenvalue weighted by Crippen LogP contribution is -2.33. The van der Waals surface area contributed by atoms with E-state index in [0.717, 1.165) is 38.3 Å². The highest BCUT2D eigenvalue weighted by Crippen LogP contribution is 2.38. The highest BCUT2D eigenvalue weighted by molar-refractivity contribution is 9.11. The average molecular weight is 318 g/mol. The van der Waals surface area contributed by atoms with Crippen molar-refractivity contribution >= 4 is 44.9 Å². The first-order chi connectivity index (χ1) is 7.74. The van der Waals surface area contributed by atoms with Gasteiger partial charge < -0.3 is 4.90 Å². The highest BCUT2D eigenvalue weighted by Gasteiger charge is 2.30. The second-order valence-corrected chi connectivity index (χ2v) is 7.86. The molecule has 2 aliphatic rings. The van der Waals surface area contributed by atoms with Crippen molar-refractivity contribution in [1.29, 1.82) is 0 Å². The molecule has 0 aromatic carbocycles. The monoisotopic (exact) mass is 317 g/mol. The molecular formula is C11H12BrNOS2. The largest absolute Gasteiger partial charge is 0.337 e. The lowest BCUT2D eigenvalue weighted by molar-refractivity contribution is 0.0762. The molecule has 0 atom stereocenters. The number of hydrogen-bond acceptors (Lipinski definition) is 3. The van der Waals surface area contributed by atoms with Gasteiger partial charge in [0.05, 0.1) is 3.79 Å². The molecule has 16 heavy (non-hydrogen) atoms. The van der Waals surface area contributed by atoms with Crippen LogP contribution in [0.2, 0.25) is 0 Å². The average Bonchev–Trinajstić information content (AvgIpc) is 3.00. The smallest absolute Gasteiger partial charge is 0.265 e. The number of carbonyl (C=O) groups excluding carboxylic acids is 1. The van der Waals surface area contributed by atoms with Gasteiger partial charge >= 0.3 is 0 Å². The Labute approximate surface area is 112 Å². The maximum Gasteiger partial charge on any atom is 0.265 e. The molecule has 0 unspecified atom stereocenters. The van der Waals surface area contributed by atoms with Crippen LogP contribution in [0.25, 0.3) is 0 Å². The Morgan fingerprint density at radius 3 is 3.06 bits per heavy atom. The number of nitrogens with zero attached hydrogens (tertiary/aromatic N) is 1. The second kappa shape index (κ2) is 4.35. The molecule has 1 aromatic rings. The molecule has 0 saturated heterocycles. The van der Waals surface area contributed by atoms with Crippen molar-refractivity contribution in [2.75, 3.05) is 18.8 Å². The summed E-state index contributed by atoms with van der Waals surface area (Å²) in [5.41, 5.74) is 0. The van der Waals surface area contributed by atoms with Gasteiger partial charge in [0.15, 0.2) is 0 Å². The standard InChI is InChI=1S/C11H12BrNOS2/c12-9-5-8-10(16-9)11(14)13(3-4-15-8)6-7-1-2-7/h5,7H,1-4,6H2. The summed E-state index contributed by atoms with van der Waals surface area (Å²) in [5.74, 6) is 2.04. The van der Waals surface area contributed by atoms with Gasteiger partial charge in [-0.3, -0.25) is 4.79 Å². The van der Waals surface area contributed by atoms with E-state index < -0.39 is 0 Å². The molecule has 2 nitrogen and oxygen atoms in total. The summed E-state index contributed by atoms with van der Waals surface area (Å²) in [5, 5.41) is 0. The van der Waals surface area contributed by atoms with Gasteiger partial charge in [0.2, 0.25) is 0 Å². The van der Waals surface area contributed by atoms with E-state index in [0.29, 0.717) is 0 Å². The van der Waals surface area contributed by atoms with Crippen molar-refractivity contribution in [3.8, 4) is 0 Å². The quantitative estimate of drug-likeness (QED) is 0.832. The van der Waals surface area contributed by atoms with E-state index in [1.807, 2.05) is 4.90 Å². The number of hydrogen-bond donors (Lipinski definition) is 0. The topological polar surface area (TPSA) is 20.3 Å². The van der Waals surface area contributed by atoms with Gasteiger partial charge in [0, 0.05) is 23.7 Å². The molecule has 1 amide bonds. The molecule has 1 aromatic heterocycles. The summed E-state index contributed by atoms with van der Waals surface area (Å²) in [4.78, 5) is 16.4. The minimum Gasteiger partial charge on any atom is -0.337 e. The molecule has 1 fully saturated rings. The predicted octanol–water partition coefficient (Wildman–Crippen LogP) is 3.47. The van der Waals surface area contributed by atoms with Crippen LogP contribution in [-0.4, -0.2) is 29.6 Å². The Morgan fingerprint density at radius 1 is 1.50 bits per heavy atom. The van der Waals surface area contributed by atoms with E-state index in [4.69, 9.17) is 0 Å². The summed E-state index contributed by atoms with van der Waals surface area (Å²) in [6.07, 6.45) is 2.61. The van der Waals surface area contributed by atoms with E-state index in [1.165, 1.54) is 12.8 Å². The van der Waals surface area contributed by atoms with Crippen molar-refractivity contribution in [3.05, 3.63) is 14.7 Å². The molecule has 0 spiro atoms. The first kappa shape index (κ1) is 11.1. The molecule has 2 heterocycles. The molecule has 86 valence electrons. The molecular weight excluding hydrogens is 306 g/mol. The normalized spacial score (nSPS) is 20.8. The van der Waals surface area contributed by atoms with Gasteiger partial charge in [-0.15, -0.1) is 23.1 Å². The fourth-order valence-corrected chi connectivity index (χ4v) is 4.84. The Balaban J connectivity index is 1.86. The van der Waals surface area contributed by atoms with Crippen LogP contribution in [0.15, 0.2) is 14.7 Å². The summed E-state index contributed by atoms with van der Waals surface area (Å²) < 4.78 is 1.06. The molecule has 1 aliphatic heterocycles. The lowest BCUT2D eigenvalue weighted by Gasteiger charge is -2.19. The third-order valence-electron chi connectivity index (χ3n) is 2.94. The minimum absolute atomic E-state index is 0.239. The highest BCUT2D eigenvalue weighted by atomic mass is 79.9. The van der Waals surface area contributed by atoms with E-state index >= 15 is 0 Å². The third-order valence-corrected chi connectivity index (χ3v) is 5.72. The van der Waals surface area contributed by atoms with Crippen molar-refractivity contribution in [3.63, 3.8) is 0 Å². The Morgan fingerprint density at radius 2 is 2.31 bits per heavy atom. The second-order valence-electron chi connectivity index (χ2n) is 4.29. The zero-order chi connectivity index (χ0) is 11.1. The first-order valence-corrected chi connectivity index (χ1v) is 8.05. The van der Waals surface area contributed by atoms with Crippen LogP contribution in [0.4, 0.5) is 0 Å². The SMILES string of the molecule is O=C1c2sc(Br)cc2SCCN1CC1CC1. The molecule has 1 aliphatic carbocycles. The molecule has 5 heteroatoms. The number of amides is 1. The van der Waals surface area contributed by atoms with Crippen LogP contribution < -0.4 is 0 Å². The van der Waals surface area contributed by atoms with Gasteiger partial charge in [-0.25, -0.2) is 0 Å². The molecule has 0 N–H and O–H groups in total. The van der Waals surface area contributed by atoms with E-state index in [9.17, 15) is 4.79 Å². The van der Waals surface area contributed by atoms with Gasteiger partial charge in [-0.2, -0.15) is 0 Å². The van der Waals surface area contributed by atoms with Gasteiger partial charge in [0.25, 0.3) is 5.91 Å². The van der Waals surface area contributed by atoms with E-state index in [2.05, 4.69) is 22.0 Å². The molecule has 3 rings (SSSR count). The van der Waals surface area contributed by atoms with Gasteiger partial charge in [-0.1, -0.05) is 0 Å². The zero-order valence-corrected chi connectivity index (χ0v) is 12.0. The summed E-state index contributed by atoms with van der Waals surface area (Å²) in [6, 6.07) is 2.07. The number of fused-ring (bicyclic) bond motifs is 1. The molecule has 1 saturated carbocycles. The first-order valence-electron chi connectivity index (χ1n) is 5.45. The fraction of sp³-hybridized carbons (Fsp3) is 0.545. The van der Waals surface area contributed by atoms with E-state index in [-0.39, 0.29) is 5.91 Å². The number of rotatable bonds is 2. The van der Waals surface area contributed by atoms with Gasteiger partial charge in [-0.05, 0) is 40.8 Å². The van der Waals surface area contributed by atoms with Crippen LogP contribution in [0.3, 0.4) is 0 Å². The third kappa shape index (κ3) is 2.17. The van der Waals surface area contributed by atoms with Crippen LogP contribution in [0.5, 0.6) is 0 Å². The van der Waals surface area contributed by atoms with Crippen molar-refractivity contribution in [1.82, 2.24) is 4.90 Å². The zero-order valence-electron chi connectivity index (χ0n) is 8.74. The Bertz CT molecular complexity index is 428. The lowest BCUT2D eigenvalue weighted by atomic mass is 10.3. The molecule has 0 bridgehead atoms.